The monoisotopic (exact) mass is 338 g/mol. The van der Waals surface area contributed by atoms with E-state index < -0.39 is 0 Å². The van der Waals surface area contributed by atoms with Crippen LogP contribution in [0.5, 0.6) is 0 Å². The molecule has 0 bridgehead atoms. The molecule has 0 saturated carbocycles. The van der Waals surface area contributed by atoms with Gasteiger partial charge in [-0.3, -0.25) is 0 Å². The van der Waals surface area contributed by atoms with Gasteiger partial charge in [-0.05, 0) is 5.41 Å². The third kappa shape index (κ3) is 4.05. The normalized spacial score (nSPS) is 25.8. The van der Waals surface area contributed by atoms with Crippen molar-refractivity contribution in [1.82, 2.24) is 0 Å². The molecule has 2 heteroatoms. The molecular weight excluding hydrogens is 318 g/mol. The Labute approximate surface area is 91.0 Å². The van der Waals surface area contributed by atoms with E-state index >= 15 is 0 Å². The van der Waals surface area contributed by atoms with E-state index in [4.69, 9.17) is 0 Å². The van der Waals surface area contributed by atoms with Gasteiger partial charge in [0.25, 0.3) is 0 Å². The predicted octanol–water partition coefficient (Wildman–Crippen LogP) is 3.20. The van der Waals surface area contributed by atoms with Gasteiger partial charge >= 0.3 is 0 Å². The maximum absolute atomic E-state index is 4.52. The first-order valence-electron chi connectivity index (χ1n) is 4.74. The molecular formula is C10H20NW-. The third-order valence-corrected chi connectivity index (χ3v) is 2.69. The molecule has 12 heavy (non-hydrogen) atoms. The van der Waals surface area contributed by atoms with E-state index in [9.17, 15) is 0 Å². The molecule has 72 valence electrons. The molecule has 0 N–H and O–H groups in total. The molecule has 1 rings (SSSR count). The minimum absolute atomic E-state index is 0. The average Bonchev–Trinajstić information content (AvgIpc) is 2.10. The SMILES string of the molecule is CC(C)(C)C1CCCC[N-]C1.[W]. The molecule has 1 nitrogen and oxygen atoms in total. The fourth-order valence-electron chi connectivity index (χ4n) is 1.66. The summed E-state index contributed by atoms with van der Waals surface area (Å²) in [5, 5.41) is 4.52. The smallest absolute Gasteiger partial charge is 0 e. The summed E-state index contributed by atoms with van der Waals surface area (Å²) in [7, 11) is 0. The minimum atomic E-state index is 0. The molecule has 1 heterocycles. The van der Waals surface area contributed by atoms with Gasteiger partial charge in [-0.25, -0.2) is 0 Å². The zero-order valence-electron chi connectivity index (χ0n) is 8.47. The second kappa shape index (κ2) is 5.39. The number of hydrogen-bond donors (Lipinski definition) is 0. The predicted molar refractivity (Wildman–Crippen MR) is 49.9 cm³/mol. The van der Waals surface area contributed by atoms with Crippen LogP contribution in [0.3, 0.4) is 0 Å². The van der Waals surface area contributed by atoms with Gasteiger partial charge in [-0.15, -0.1) is 13.1 Å². The van der Waals surface area contributed by atoms with Crippen molar-refractivity contribution < 1.29 is 21.1 Å². The average molecular weight is 338 g/mol. The molecule has 0 aromatic rings. The summed E-state index contributed by atoms with van der Waals surface area (Å²) >= 11 is 0. The molecule has 1 aliphatic rings. The van der Waals surface area contributed by atoms with Crippen LogP contribution in [0.15, 0.2) is 0 Å². The van der Waals surface area contributed by atoms with Crippen LogP contribution in [0.2, 0.25) is 0 Å². The van der Waals surface area contributed by atoms with Crippen molar-refractivity contribution >= 4 is 0 Å². The van der Waals surface area contributed by atoms with Crippen LogP contribution in [0.4, 0.5) is 0 Å². The summed E-state index contributed by atoms with van der Waals surface area (Å²) in [5.41, 5.74) is 0.466. The van der Waals surface area contributed by atoms with Crippen LogP contribution in [-0.2, 0) is 21.1 Å². The Morgan fingerprint density at radius 1 is 1.17 bits per heavy atom. The summed E-state index contributed by atoms with van der Waals surface area (Å²) in [6, 6.07) is 0. The summed E-state index contributed by atoms with van der Waals surface area (Å²) in [5.74, 6) is 0.824. The van der Waals surface area contributed by atoms with Crippen molar-refractivity contribution in [2.24, 2.45) is 11.3 Å². The molecule has 1 atom stereocenters. The van der Waals surface area contributed by atoms with E-state index in [1.165, 1.54) is 19.3 Å². The van der Waals surface area contributed by atoms with Crippen molar-refractivity contribution in [2.75, 3.05) is 13.1 Å². The number of hydrogen-bond acceptors (Lipinski definition) is 0. The van der Waals surface area contributed by atoms with Crippen LogP contribution < -0.4 is 0 Å². The zero-order valence-corrected chi connectivity index (χ0v) is 11.4. The van der Waals surface area contributed by atoms with E-state index in [1.54, 1.807) is 0 Å². The van der Waals surface area contributed by atoms with Crippen LogP contribution in [-0.4, -0.2) is 13.1 Å². The van der Waals surface area contributed by atoms with Crippen molar-refractivity contribution in [3.05, 3.63) is 5.32 Å². The van der Waals surface area contributed by atoms with Gasteiger partial charge in [0.2, 0.25) is 0 Å². The minimum Gasteiger partial charge on any atom is -0.662 e. The standard InChI is InChI=1S/C10H20N.W/c1-10(2,3)9-6-4-5-7-11-8-9;/h9H,4-8H2,1-3H3;/q-1;. The second-order valence-corrected chi connectivity index (χ2v) is 4.69. The van der Waals surface area contributed by atoms with Gasteiger partial charge < -0.3 is 5.32 Å². The molecule has 0 aromatic heterocycles. The first kappa shape index (κ1) is 12.6. The van der Waals surface area contributed by atoms with Crippen molar-refractivity contribution in [1.29, 1.82) is 0 Å². The van der Waals surface area contributed by atoms with Gasteiger partial charge in [0.15, 0.2) is 0 Å². The Kier molecular flexibility index (Phi) is 5.69. The maximum atomic E-state index is 4.52. The summed E-state index contributed by atoms with van der Waals surface area (Å²) < 4.78 is 0. The van der Waals surface area contributed by atoms with E-state index in [0.717, 1.165) is 19.0 Å². The fourth-order valence-corrected chi connectivity index (χ4v) is 1.66. The Morgan fingerprint density at radius 3 is 2.42 bits per heavy atom. The largest absolute Gasteiger partial charge is 0.662 e. The van der Waals surface area contributed by atoms with Crippen LogP contribution in [0.25, 0.3) is 5.32 Å². The number of rotatable bonds is 0. The quantitative estimate of drug-likeness (QED) is 0.644. The molecule has 0 amide bonds. The van der Waals surface area contributed by atoms with Gasteiger partial charge in [0.05, 0.1) is 0 Å². The molecule has 0 aliphatic carbocycles. The van der Waals surface area contributed by atoms with Crippen molar-refractivity contribution in [3.63, 3.8) is 0 Å². The van der Waals surface area contributed by atoms with Crippen LogP contribution >= 0.6 is 0 Å². The maximum Gasteiger partial charge on any atom is 0 e. The number of nitrogens with zero attached hydrogens (tertiary/aromatic N) is 1. The molecule has 0 aromatic carbocycles. The summed E-state index contributed by atoms with van der Waals surface area (Å²) in [4.78, 5) is 0. The van der Waals surface area contributed by atoms with Crippen LogP contribution in [0, 0.1) is 11.3 Å². The first-order valence-corrected chi connectivity index (χ1v) is 4.74. The topological polar surface area (TPSA) is 14.1 Å². The third-order valence-electron chi connectivity index (χ3n) is 2.69. The van der Waals surface area contributed by atoms with E-state index in [0.29, 0.717) is 5.41 Å². The van der Waals surface area contributed by atoms with E-state index in [-0.39, 0.29) is 21.1 Å². The second-order valence-electron chi connectivity index (χ2n) is 4.69. The molecule has 0 radical (unpaired) electrons. The Hall–Kier alpha value is 0.648. The van der Waals surface area contributed by atoms with Gasteiger partial charge in [-0.2, -0.15) is 0 Å². The molecule has 0 spiro atoms. The first-order chi connectivity index (χ1) is 5.11. The van der Waals surface area contributed by atoms with Crippen LogP contribution in [0.1, 0.15) is 40.0 Å². The van der Waals surface area contributed by atoms with E-state index in [2.05, 4.69) is 26.1 Å². The molecule has 1 aliphatic heterocycles. The fraction of sp³-hybridized carbons (Fsp3) is 1.00. The Morgan fingerprint density at radius 2 is 1.83 bits per heavy atom. The van der Waals surface area contributed by atoms with Gasteiger partial charge in [0, 0.05) is 21.1 Å². The molecule has 1 unspecified atom stereocenters. The van der Waals surface area contributed by atoms with Crippen molar-refractivity contribution in [2.45, 2.75) is 40.0 Å². The molecule has 1 fully saturated rings. The Bertz CT molecular complexity index is 109. The van der Waals surface area contributed by atoms with E-state index in [1.807, 2.05) is 0 Å². The Balaban J connectivity index is 0.00000121. The summed E-state index contributed by atoms with van der Waals surface area (Å²) in [6.45, 7) is 9.20. The molecule has 1 saturated heterocycles. The summed E-state index contributed by atoms with van der Waals surface area (Å²) in [6.07, 6.45) is 4.07. The van der Waals surface area contributed by atoms with Crippen molar-refractivity contribution in [3.8, 4) is 0 Å². The zero-order chi connectivity index (χ0) is 8.32. The van der Waals surface area contributed by atoms with Gasteiger partial charge in [0.1, 0.15) is 0 Å². The van der Waals surface area contributed by atoms with Gasteiger partial charge in [-0.1, -0.05) is 46.0 Å².